The number of allylic oxidation sites excluding steroid dienone is 4. The van der Waals surface area contributed by atoms with Crippen LogP contribution in [0.15, 0.2) is 48.6 Å². The minimum Gasteiger partial charge on any atom is -0.504 e. The summed E-state index contributed by atoms with van der Waals surface area (Å²) in [5.41, 5.74) is 1.29. The lowest BCUT2D eigenvalue weighted by atomic mass is 9.87. The first-order chi connectivity index (χ1) is 12.4. The van der Waals surface area contributed by atoms with Crippen LogP contribution in [0.2, 0.25) is 0 Å². The quantitative estimate of drug-likeness (QED) is 0.822. The van der Waals surface area contributed by atoms with Crippen molar-refractivity contribution in [2.75, 3.05) is 14.2 Å². The predicted octanol–water partition coefficient (Wildman–Crippen LogP) is 2.73. The molecule has 6 nitrogen and oxygen atoms in total. The minimum atomic E-state index is -0.356. The Bertz CT molecular complexity index is 893. The SMILES string of the molecule is COc1cc(C2=CC(=O)C=C(c3ccc(O)c(OC)c3)C2=O)ccc1O. The molecule has 0 spiro atoms. The zero-order valence-electron chi connectivity index (χ0n) is 14.1. The summed E-state index contributed by atoms with van der Waals surface area (Å²) in [4.78, 5) is 25.1. The average molecular weight is 352 g/mol. The number of benzene rings is 2. The zero-order chi connectivity index (χ0) is 18.8. The molecule has 1 aliphatic rings. The molecule has 0 saturated carbocycles. The van der Waals surface area contributed by atoms with Crippen LogP contribution < -0.4 is 9.47 Å². The van der Waals surface area contributed by atoms with Gasteiger partial charge in [0.25, 0.3) is 0 Å². The number of hydrogen-bond acceptors (Lipinski definition) is 6. The fourth-order valence-corrected chi connectivity index (χ4v) is 2.72. The second kappa shape index (κ2) is 6.76. The molecule has 0 unspecified atom stereocenters. The van der Waals surface area contributed by atoms with Crippen LogP contribution in [0.3, 0.4) is 0 Å². The van der Waals surface area contributed by atoms with Crippen LogP contribution >= 0.6 is 0 Å². The van der Waals surface area contributed by atoms with Crippen molar-refractivity contribution in [3.05, 3.63) is 59.7 Å². The maximum Gasteiger partial charge on any atom is 0.194 e. The first-order valence-electron chi connectivity index (χ1n) is 7.71. The van der Waals surface area contributed by atoms with Crippen LogP contribution in [0.25, 0.3) is 11.1 Å². The summed E-state index contributed by atoms with van der Waals surface area (Å²) in [5.74, 6) is -0.424. The molecular formula is C20H16O6. The molecule has 2 aromatic rings. The van der Waals surface area contributed by atoms with E-state index in [1.807, 2.05) is 0 Å². The highest BCUT2D eigenvalue weighted by molar-refractivity contribution is 6.48. The van der Waals surface area contributed by atoms with Gasteiger partial charge in [-0.2, -0.15) is 0 Å². The first kappa shape index (κ1) is 17.3. The van der Waals surface area contributed by atoms with E-state index >= 15 is 0 Å². The molecule has 0 bridgehead atoms. The number of phenols is 2. The van der Waals surface area contributed by atoms with Crippen LogP contribution in [0.1, 0.15) is 11.1 Å². The Balaban J connectivity index is 2.04. The third-order valence-electron chi connectivity index (χ3n) is 4.04. The second-order valence-corrected chi connectivity index (χ2v) is 5.62. The third kappa shape index (κ3) is 3.04. The number of phenolic OH excluding ortho intramolecular Hbond substituents is 2. The molecule has 0 aliphatic heterocycles. The number of Topliss-reactive ketones (excluding diaryl/α,β-unsaturated/α-hetero) is 1. The van der Waals surface area contributed by atoms with Crippen molar-refractivity contribution in [2.24, 2.45) is 0 Å². The number of rotatable bonds is 4. The van der Waals surface area contributed by atoms with Crippen molar-refractivity contribution in [1.82, 2.24) is 0 Å². The molecular weight excluding hydrogens is 336 g/mol. The number of hydrogen-bond donors (Lipinski definition) is 2. The second-order valence-electron chi connectivity index (χ2n) is 5.62. The van der Waals surface area contributed by atoms with Gasteiger partial charge in [0.1, 0.15) is 0 Å². The molecule has 26 heavy (non-hydrogen) atoms. The van der Waals surface area contributed by atoms with Crippen molar-refractivity contribution >= 4 is 22.7 Å². The Labute approximate surface area is 149 Å². The Kier molecular flexibility index (Phi) is 4.49. The average Bonchev–Trinajstić information content (AvgIpc) is 2.64. The van der Waals surface area contributed by atoms with Crippen molar-refractivity contribution in [1.29, 1.82) is 0 Å². The molecule has 2 aromatic carbocycles. The van der Waals surface area contributed by atoms with E-state index in [2.05, 4.69) is 0 Å². The number of aromatic hydroxyl groups is 2. The maximum absolute atomic E-state index is 12.9. The standard InChI is InChI=1S/C20H16O6/c1-25-18-7-11(3-5-16(18)22)14-9-13(21)10-15(20(14)24)12-4-6-17(23)19(8-12)26-2/h3-10,22-23H,1-2H3. The van der Waals surface area contributed by atoms with Gasteiger partial charge in [-0.15, -0.1) is 0 Å². The Morgan fingerprint density at radius 2 is 1.15 bits per heavy atom. The number of carbonyl (C=O) groups is 2. The van der Waals surface area contributed by atoms with E-state index in [9.17, 15) is 19.8 Å². The van der Waals surface area contributed by atoms with Crippen LogP contribution in [0, 0.1) is 0 Å². The lowest BCUT2D eigenvalue weighted by Gasteiger charge is -2.16. The lowest BCUT2D eigenvalue weighted by Crippen LogP contribution is -2.13. The highest BCUT2D eigenvalue weighted by atomic mass is 16.5. The molecule has 0 atom stereocenters. The van der Waals surface area contributed by atoms with Gasteiger partial charge < -0.3 is 19.7 Å². The van der Waals surface area contributed by atoms with Gasteiger partial charge in [-0.1, -0.05) is 12.1 Å². The molecule has 0 amide bonds. The fraction of sp³-hybridized carbons (Fsp3) is 0.100. The summed E-state index contributed by atoms with van der Waals surface area (Å²) in [6.07, 6.45) is 2.49. The summed E-state index contributed by atoms with van der Waals surface area (Å²) in [7, 11) is 2.80. The number of methoxy groups -OCH3 is 2. The molecule has 132 valence electrons. The predicted molar refractivity (Wildman–Crippen MR) is 95.3 cm³/mol. The summed E-state index contributed by atoms with van der Waals surface area (Å²) >= 11 is 0. The van der Waals surface area contributed by atoms with E-state index in [0.29, 0.717) is 11.1 Å². The van der Waals surface area contributed by atoms with Gasteiger partial charge in [-0.3, -0.25) is 9.59 Å². The largest absolute Gasteiger partial charge is 0.504 e. The molecule has 3 rings (SSSR count). The third-order valence-corrected chi connectivity index (χ3v) is 4.04. The van der Waals surface area contributed by atoms with E-state index in [0.717, 1.165) is 0 Å². The topological polar surface area (TPSA) is 93.1 Å². The van der Waals surface area contributed by atoms with E-state index in [1.54, 1.807) is 0 Å². The van der Waals surface area contributed by atoms with Crippen molar-refractivity contribution in [2.45, 2.75) is 0 Å². The first-order valence-corrected chi connectivity index (χ1v) is 7.71. The van der Waals surface area contributed by atoms with Crippen LogP contribution in [-0.2, 0) is 9.59 Å². The molecule has 0 radical (unpaired) electrons. The molecule has 0 heterocycles. The number of carbonyl (C=O) groups excluding carboxylic acids is 2. The summed E-state index contributed by atoms with van der Waals surface area (Å²) < 4.78 is 10.1. The van der Waals surface area contributed by atoms with Gasteiger partial charge in [0.2, 0.25) is 0 Å². The molecule has 1 aliphatic carbocycles. The van der Waals surface area contributed by atoms with Crippen molar-refractivity contribution in [3.63, 3.8) is 0 Å². The van der Waals surface area contributed by atoms with Crippen LogP contribution in [0.5, 0.6) is 23.0 Å². The summed E-state index contributed by atoms with van der Waals surface area (Å²) in [6, 6.07) is 8.85. The monoisotopic (exact) mass is 352 g/mol. The normalized spacial score (nSPS) is 13.9. The van der Waals surface area contributed by atoms with Gasteiger partial charge in [-0.25, -0.2) is 0 Å². The molecule has 0 fully saturated rings. The minimum absolute atomic E-state index is 0.0644. The van der Waals surface area contributed by atoms with Gasteiger partial charge in [0, 0.05) is 11.1 Å². The smallest absolute Gasteiger partial charge is 0.194 e. The molecule has 2 N–H and O–H groups in total. The summed E-state index contributed by atoms with van der Waals surface area (Å²) in [6.45, 7) is 0. The van der Waals surface area contributed by atoms with Gasteiger partial charge in [-0.05, 0) is 47.5 Å². The number of ketones is 2. The van der Waals surface area contributed by atoms with Crippen molar-refractivity contribution < 1.29 is 29.3 Å². The Hall–Kier alpha value is -3.54. The molecule has 6 heteroatoms. The molecule has 0 saturated heterocycles. The maximum atomic E-state index is 12.9. The van der Waals surface area contributed by atoms with E-state index in [-0.39, 0.29) is 45.7 Å². The fourth-order valence-electron chi connectivity index (χ4n) is 2.72. The summed E-state index contributed by atoms with van der Waals surface area (Å²) in [5, 5.41) is 19.4. The Morgan fingerprint density at radius 1 is 0.731 bits per heavy atom. The van der Waals surface area contributed by atoms with E-state index in [4.69, 9.17) is 9.47 Å². The Morgan fingerprint density at radius 3 is 1.54 bits per heavy atom. The van der Waals surface area contributed by atoms with Crippen molar-refractivity contribution in [3.8, 4) is 23.0 Å². The highest BCUT2D eigenvalue weighted by Crippen LogP contribution is 2.36. The highest BCUT2D eigenvalue weighted by Gasteiger charge is 2.25. The van der Waals surface area contributed by atoms with Gasteiger partial charge in [0.15, 0.2) is 34.6 Å². The lowest BCUT2D eigenvalue weighted by molar-refractivity contribution is -0.112. The van der Waals surface area contributed by atoms with E-state index < -0.39 is 0 Å². The molecule has 0 aromatic heterocycles. The van der Waals surface area contributed by atoms with E-state index in [1.165, 1.54) is 62.8 Å². The van der Waals surface area contributed by atoms with Crippen LogP contribution in [-0.4, -0.2) is 36.0 Å². The number of ether oxygens (including phenoxy) is 2. The van der Waals surface area contributed by atoms with Gasteiger partial charge >= 0.3 is 0 Å². The zero-order valence-corrected chi connectivity index (χ0v) is 14.1. The van der Waals surface area contributed by atoms with Crippen LogP contribution in [0.4, 0.5) is 0 Å². The van der Waals surface area contributed by atoms with Gasteiger partial charge in [0.05, 0.1) is 14.2 Å².